The van der Waals surface area contributed by atoms with Gasteiger partial charge in [-0.3, -0.25) is 4.79 Å². The van der Waals surface area contributed by atoms with E-state index in [0.717, 1.165) is 11.3 Å². The Morgan fingerprint density at radius 1 is 1.47 bits per heavy atom. The first-order valence-corrected chi connectivity index (χ1v) is 6.57. The Hall–Kier alpha value is -0.670. The van der Waals surface area contributed by atoms with Crippen LogP contribution in [0.4, 0.5) is 0 Å². The number of carbonyl (C=O) groups excluding carboxylic acids is 1. The Morgan fingerprint density at radius 3 is 2.65 bits per heavy atom. The van der Waals surface area contributed by atoms with Gasteiger partial charge in [-0.25, -0.2) is 0 Å². The largest absolute Gasteiger partial charge is 0.349 e. The second kappa shape index (κ2) is 6.31. The predicted molar refractivity (Wildman–Crippen MR) is 75.1 cm³/mol. The topological polar surface area (TPSA) is 29.1 Å². The van der Waals surface area contributed by atoms with Gasteiger partial charge >= 0.3 is 0 Å². The van der Waals surface area contributed by atoms with Crippen molar-refractivity contribution in [2.24, 2.45) is 5.92 Å². The molecule has 4 heteroatoms. The molecule has 0 saturated heterocycles. The van der Waals surface area contributed by atoms with Gasteiger partial charge in [-0.1, -0.05) is 32.4 Å². The van der Waals surface area contributed by atoms with E-state index in [0.29, 0.717) is 16.5 Å². The van der Waals surface area contributed by atoms with Crippen molar-refractivity contribution in [1.29, 1.82) is 0 Å². The van der Waals surface area contributed by atoms with Crippen molar-refractivity contribution < 1.29 is 4.79 Å². The van der Waals surface area contributed by atoms with Crippen LogP contribution in [0.2, 0.25) is 5.02 Å². The Labute approximate surface area is 113 Å². The zero-order valence-corrected chi connectivity index (χ0v) is 12.0. The quantitative estimate of drug-likeness (QED) is 0.802. The van der Waals surface area contributed by atoms with Crippen LogP contribution >= 0.6 is 24.2 Å². The van der Waals surface area contributed by atoms with E-state index in [1.165, 1.54) is 0 Å². The van der Waals surface area contributed by atoms with Gasteiger partial charge < -0.3 is 5.32 Å². The number of halogens is 1. The molecule has 1 amide bonds. The van der Waals surface area contributed by atoms with Gasteiger partial charge in [0.25, 0.3) is 5.91 Å². The van der Waals surface area contributed by atoms with Crippen LogP contribution in [0.1, 0.15) is 37.6 Å². The lowest BCUT2D eigenvalue weighted by Crippen LogP contribution is -2.38. The lowest BCUT2D eigenvalue weighted by molar-refractivity contribution is 0.0924. The van der Waals surface area contributed by atoms with E-state index in [1.807, 2.05) is 0 Å². The molecule has 1 unspecified atom stereocenters. The summed E-state index contributed by atoms with van der Waals surface area (Å²) < 4.78 is 0. The first kappa shape index (κ1) is 14.4. The summed E-state index contributed by atoms with van der Waals surface area (Å²) in [6, 6.07) is 5.31. The molecule has 0 radical (unpaired) electrons. The Bertz CT molecular complexity index is 406. The molecular formula is C13H18ClNOS. The van der Waals surface area contributed by atoms with Gasteiger partial charge in [0.1, 0.15) is 0 Å². The summed E-state index contributed by atoms with van der Waals surface area (Å²) in [7, 11) is 0. The molecule has 0 saturated carbocycles. The van der Waals surface area contributed by atoms with Crippen LogP contribution in [0.15, 0.2) is 23.1 Å². The molecule has 1 aromatic carbocycles. The lowest BCUT2D eigenvalue weighted by Gasteiger charge is -2.21. The van der Waals surface area contributed by atoms with E-state index in [4.69, 9.17) is 11.6 Å². The minimum absolute atomic E-state index is 0.133. The molecule has 1 N–H and O–H groups in total. The minimum Gasteiger partial charge on any atom is -0.349 e. The summed E-state index contributed by atoms with van der Waals surface area (Å²) in [6.45, 7) is 6.23. The predicted octanol–water partition coefficient (Wildman–Crippen LogP) is 3.79. The highest BCUT2D eigenvalue weighted by Gasteiger charge is 2.17. The maximum atomic E-state index is 12.1. The van der Waals surface area contributed by atoms with Crippen LogP contribution in [0.3, 0.4) is 0 Å². The monoisotopic (exact) mass is 271 g/mol. The smallest absolute Gasteiger partial charge is 0.253 e. The fourth-order valence-electron chi connectivity index (χ4n) is 1.67. The third kappa shape index (κ3) is 3.93. The van der Waals surface area contributed by atoms with Crippen molar-refractivity contribution in [3.05, 3.63) is 28.8 Å². The lowest BCUT2D eigenvalue weighted by atomic mass is 10.0. The third-order valence-corrected chi connectivity index (χ3v) is 3.36. The van der Waals surface area contributed by atoms with Gasteiger partial charge in [0.15, 0.2) is 0 Å². The van der Waals surface area contributed by atoms with Crippen molar-refractivity contribution in [2.45, 2.75) is 38.1 Å². The molecular weight excluding hydrogens is 254 g/mol. The number of rotatable bonds is 4. The highest BCUT2D eigenvalue weighted by Crippen LogP contribution is 2.20. The highest BCUT2D eigenvalue weighted by atomic mass is 35.5. The SMILES string of the molecule is CCC(NC(=O)c1cc(S)ccc1Cl)C(C)C. The number of carbonyl (C=O) groups is 1. The van der Waals surface area contributed by atoms with Crippen LogP contribution < -0.4 is 5.32 Å². The molecule has 17 heavy (non-hydrogen) atoms. The van der Waals surface area contributed by atoms with E-state index in [-0.39, 0.29) is 11.9 Å². The van der Waals surface area contributed by atoms with E-state index in [2.05, 4.69) is 38.7 Å². The summed E-state index contributed by atoms with van der Waals surface area (Å²) in [5, 5.41) is 3.45. The number of benzene rings is 1. The van der Waals surface area contributed by atoms with Crippen LogP contribution in [-0.4, -0.2) is 11.9 Å². The van der Waals surface area contributed by atoms with Gasteiger partial charge in [0.2, 0.25) is 0 Å². The van der Waals surface area contributed by atoms with Crippen molar-refractivity contribution in [3.8, 4) is 0 Å². The first-order chi connectivity index (χ1) is 7.95. The molecule has 2 nitrogen and oxygen atoms in total. The normalized spacial score (nSPS) is 12.6. The number of thiol groups is 1. The zero-order valence-electron chi connectivity index (χ0n) is 10.3. The molecule has 0 aromatic heterocycles. The van der Waals surface area contributed by atoms with Gasteiger partial charge in [-0.05, 0) is 30.5 Å². The van der Waals surface area contributed by atoms with Crippen molar-refractivity contribution in [2.75, 3.05) is 0 Å². The van der Waals surface area contributed by atoms with Crippen molar-refractivity contribution >= 4 is 30.1 Å². The summed E-state index contributed by atoms with van der Waals surface area (Å²) in [5.74, 6) is 0.272. The summed E-state index contributed by atoms with van der Waals surface area (Å²) in [6.07, 6.45) is 0.904. The van der Waals surface area contributed by atoms with E-state index < -0.39 is 0 Å². The fraction of sp³-hybridized carbons (Fsp3) is 0.462. The minimum atomic E-state index is -0.133. The first-order valence-electron chi connectivity index (χ1n) is 5.75. The zero-order chi connectivity index (χ0) is 13.0. The van der Waals surface area contributed by atoms with Gasteiger partial charge in [-0.2, -0.15) is 0 Å². The maximum Gasteiger partial charge on any atom is 0.253 e. The third-order valence-electron chi connectivity index (χ3n) is 2.76. The molecule has 0 aliphatic carbocycles. The van der Waals surface area contributed by atoms with Crippen LogP contribution in [-0.2, 0) is 0 Å². The molecule has 0 fully saturated rings. The van der Waals surface area contributed by atoms with E-state index in [1.54, 1.807) is 18.2 Å². The fourth-order valence-corrected chi connectivity index (χ4v) is 2.08. The molecule has 94 valence electrons. The van der Waals surface area contributed by atoms with Crippen LogP contribution in [0.25, 0.3) is 0 Å². The molecule has 0 bridgehead atoms. The van der Waals surface area contributed by atoms with Crippen molar-refractivity contribution in [3.63, 3.8) is 0 Å². The average Bonchev–Trinajstić information content (AvgIpc) is 2.28. The molecule has 1 aromatic rings. The van der Waals surface area contributed by atoms with Gasteiger partial charge in [0.05, 0.1) is 10.6 Å². The number of nitrogens with one attached hydrogen (secondary N) is 1. The van der Waals surface area contributed by atoms with Crippen LogP contribution in [0, 0.1) is 5.92 Å². The number of amides is 1. The molecule has 0 aliphatic rings. The number of hydrogen-bond acceptors (Lipinski definition) is 2. The van der Waals surface area contributed by atoms with Crippen LogP contribution in [0.5, 0.6) is 0 Å². The summed E-state index contributed by atoms with van der Waals surface area (Å²) in [4.78, 5) is 12.8. The van der Waals surface area contributed by atoms with Crippen molar-refractivity contribution in [1.82, 2.24) is 5.32 Å². The standard InChI is InChI=1S/C13H18ClNOS/c1-4-12(8(2)3)15-13(16)10-7-9(17)5-6-11(10)14/h5-8,12,17H,4H2,1-3H3,(H,15,16). The summed E-state index contributed by atoms with van der Waals surface area (Å²) >= 11 is 10.2. The molecule has 0 spiro atoms. The van der Waals surface area contributed by atoms with Gasteiger partial charge in [0, 0.05) is 10.9 Å². The Kier molecular flexibility index (Phi) is 5.34. The highest BCUT2D eigenvalue weighted by molar-refractivity contribution is 7.80. The maximum absolute atomic E-state index is 12.1. The molecule has 1 atom stereocenters. The van der Waals surface area contributed by atoms with E-state index in [9.17, 15) is 4.79 Å². The molecule has 0 heterocycles. The Morgan fingerprint density at radius 2 is 2.12 bits per heavy atom. The van der Waals surface area contributed by atoms with E-state index >= 15 is 0 Å². The molecule has 0 aliphatic heterocycles. The van der Waals surface area contributed by atoms with Gasteiger partial charge in [-0.15, -0.1) is 12.6 Å². The average molecular weight is 272 g/mol. The summed E-state index contributed by atoms with van der Waals surface area (Å²) in [5.41, 5.74) is 0.485. The second-order valence-corrected chi connectivity index (χ2v) is 5.32. The molecule has 1 rings (SSSR count). The Balaban J connectivity index is 2.86. The second-order valence-electron chi connectivity index (χ2n) is 4.40. The number of hydrogen-bond donors (Lipinski definition) is 2.